The van der Waals surface area contributed by atoms with Crippen LogP contribution < -0.4 is 5.32 Å². The van der Waals surface area contributed by atoms with E-state index in [1.54, 1.807) is 6.92 Å². The normalized spacial score (nSPS) is 19.7. The second-order valence-corrected chi connectivity index (χ2v) is 6.14. The van der Waals surface area contributed by atoms with Crippen LogP contribution in [0, 0.1) is 11.8 Å². The average Bonchev–Trinajstić information content (AvgIpc) is 2.71. The van der Waals surface area contributed by atoms with E-state index in [0.717, 1.165) is 25.2 Å². The molecular weight excluding hydrogens is 306 g/mol. The van der Waals surface area contributed by atoms with Gasteiger partial charge in [0.2, 0.25) is 0 Å². The third-order valence-corrected chi connectivity index (χ3v) is 4.76. The Morgan fingerprint density at radius 3 is 1.84 bits per heavy atom. The molecule has 0 heterocycles. The lowest BCUT2D eigenvalue weighted by molar-refractivity contribution is -0.121. The van der Waals surface area contributed by atoms with E-state index in [2.05, 4.69) is 43.4 Å². The number of rotatable bonds is 4. The molecule has 1 aliphatic rings. The number of benzene rings is 1. The first-order valence-electron chi connectivity index (χ1n) is 10.3. The van der Waals surface area contributed by atoms with Gasteiger partial charge in [0.1, 0.15) is 5.78 Å². The SMILES string of the molecule is CC.CC.CCc1ccccc1.CNC(C)C1CCC(C(C)=O)CC1. The zero-order valence-electron chi connectivity index (χ0n) is 18.1. The van der Waals surface area contributed by atoms with Gasteiger partial charge in [0.05, 0.1) is 0 Å². The summed E-state index contributed by atoms with van der Waals surface area (Å²) >= 11 is 0. The predicted octanol–water partition coefficient (Wildman–Crippen LogP) is 6.29. The van der Waals surface area contributed by atoms with Crippen molar-refractivity contribution in [2.75, 3.05) is 7.05 Å². The van der Waals surface area contributed by atoms with Gasteiger partial charge < -0.3 is 5.32 Å². The summed E-state index contributed by atoms with van der Waals surface area (Å²) in [7, 11) is 2.02. The summed E-state index contributed by atoms with van der Waals surface area (Å²) in [6, 6.07) is 11.1. The highest BCUT2D eigenvalue weighted by atomic mass is 16.1. The Labute approximate surface area is 157 Å². The van der Waals surface area contributed by atoms with Gasteiger partial charge in [-0.3, -0.25) is 4.79 Å². The molecule has 1 aromatic carbocycles. The number of hydrogen-bond donors (Lipinski definition) is 1. The van der Waals surface area contributed by atoms with Gasteiger partial charge in [-0.15, -0.1) is 0 Å². The molecule has 0 spiro atoms. The van der Waals surface area contributed by atoms with Gasteiger partial charge in [-0.2, -0.15) is 0 Å². The zero-order chi connectivity index (χ0) is 19.7. The number of Topliss-reactive ketones (excluding diaryl/α,β-unsaturated/α-hetero) is 1. The Morgan fingerprint density at radius 2 is 1.52 bits per heavy atom. The van der Waals surface area contributed by atoms with Crippen LogP contribution in [0.3, 0.4) is 0 Å². The minimum absolute atomic E-state index is 0.361. The van der Waals surface area contributed by atoms with Crippen LogP contribution in [0.1, 0.15) is 79.7 Å². The van der Waals surface area contributed by atoms with Crippen LogP contribution in [0.25, 0.3) is 0 Å². The highest BCUT2D eigenvalue weighted by Gasteiger charge is 2.26. The van der Waals surface area contributed by atoms with E-state index in [0.29, 0.717) is 17.7 Å². The summed E-state index contributed by atoms with van der Waals surface area (Å²) in [5, 5.41) is 3.29. The maximum absolute atomic E-state index is 11.1. The van der Waals surface area contributed by atoms with Crippen molar-refractivity contribution >= 4 is 5.78 Å². The summed E-state index contributed by atoms with van der Waals surface area (Å²) in [5.41, 5.74) is 1.41. The van der Waals surface area contributed by atoms with Crippen LogP contribution in [-0.4, -0.2) is 18.9 Å². The number of carbonyl (C=O) groups is 1. The van der Waals surface area contributed by atoms with Crippen molar-refractivity contribution in [3.05, 3.63) is 35.9 Å². The molecule has 1 atom stereocenters. The molecule has 1 fully saturated rings. The average molecular weight is 350 g/mol. The van der Waals surface area contributed by atoms with E-state index in [-0.39, 0.29) is 0 Å². The Morgan fingerprint density at radius 1 is 1.04 bits per heavy atom. The number of hydrogen-bond acceptors (Lipinski definition) is 2. The molecule has 1 N–H and O–H groups in total. The quantitative estimate of drug-likeness (QED) is 0.692. The van der Waals surface area contributed by atoms with Crippen molar-refractivity contribution < 1.29 is 4.79 Å². The summed E-state index contributed by atoms with van der Waals surface area (Å²) in [6.45, 7) is 14.1. The highest BCUT2D eigenvalue weighted by Crippen LogP contribution is 2.31. The van der Waals surface area contributed by atoms with Crippen molar-refractivity contribution in [3.63, 3.8) is 0 Å². The van der Waals surface area contributed by atoms with Crippen LogP contribution >= 0.6 is 0 Å². The van der Waals surface area contributed by atoms with Gasteiger partial charge in [-0.05, 0) is 64.5 Å². The largest absolute Gasteiger partial charge is 0.317 e. The first kappa shape index (κ1) is 26.1. The van der Waals surface area contributed by atoms with E-state index in [9.17, 15) is 4.79 Å². The van der Waals surface area contributed by atoms with Crippen molar-refractivity contribution in [2.24, 2.45) is 11.8 Å². The molecule has 146 valence electrons. The van der Waals surface area contributed by atoms with Gasteiger partial charge in [0.25, 0.3) is 0 Å². The van der Waals surface area contributed by atoms with Crippen molar-refractivity contribution in [3.8, 4) is 0 Å². The molecule has 2 rings (SSSR count). The Hall–Kier alpha value is -1.15. The fraction of sp³-hybridized carbons (Fsp3) is 0.696. The second kappa shape index (κ2) is 17.7. The maximum Gasteiger partial charge on any atom is 0.132 e. The monoisotopic (exact) mass is 349 g/mol. The smallest absolute Gasteiger partial charge is 0.132 e. The lowest BCUT2D eigenvalue weighted by Crippen LogP contribution is -2.34. The van der Waals surface area contributed by atoms with E-state index in [1.165, 1.54) is 18.4 Å². The van der Waals surface area contributed by atoms with E-state index in [1.807, 2.05) is 40.8 Å². The van der Waals surface area contributed by atoms with Gasteiger partial charge in [-0.25, -0.2) is 0 Å². The minimum Gasteiger partial charge on any atom is -0.317 e. The first-order valence-corrected chi connectivity index (χ1v) is 10.3. The number of nitrogens with one attached hydrogen (secondary N) is 1. The van der Waals surface area contributed by atoms with Crippen LogP contribution in [0.15, 0.2) is 30.3 Å². The minimum atomic E-state index is 0.361. The molecule has 0 amide bonds. The molecule has 25 heavy (non-hydrogen) atoms. The predicted molar refractivity (Wildman–Crippen MR) is 113 cm³/mol. The molecule has 0 aromatic heterocycles. The summed E-state index contributed by atoms with van der Waals surface area (Å²) in [5.74, 6) is 1.52. The molecule has 2 heteroatoms. The van der Waals surface area contributed by atoms with Crippen LogP contribution in [0.5, 0.6) is 0 Å². The lowest BCUT2D eigenvalue weighted by atomic mass is 9.77. The Bertz CT molecular complexity index is 394. The van der Waals surface area contributed by atoms with E-state index < -0.39 is 0 Å². The van der Waals surface area contributed by atoms with Crippen LogP contribution in [0.4, 0.5) is 0 Å². The van der Waals surface area contributed by atoms with Gasteiger partial charge >= 0.3 is 0 Å². The molecule has 1 aromatic rings. The van der Waals surface area contributed by atoms with Crippen molar-refractivity contribution in [1.82, 2.24) is 5.32 Å². The molecule has 1 saturated carbocycles. The van der Waals surface area contributed by atoms with Crippen molar-refractivity contribution in [2.45, 2.75) is 86.6 Å². The topological polar surface area (TPSA) is 29.1 Å². The lowest BCUT2D eigenvalue weighted by Gasteiger charge is -2.30. The summed E-state index contributed by atoms with van der Waals surface area (Å²) in [6.07, 6.45) is 5.78. The van der Waals surface area contributed by atoms with Gasteiger partial charge in [0.15, 0.2) is 0 Å². The van der Waals surface area contributed by atoms with Crippen molar-refractivity contribution in [1.29, 1.82) is 0 Å². The third kappa shape index (κ3) is 11.9. The number of carbonyl (C=O) groups excluding carboxylic acids is 1. The Balaban J connectivity index is 0. The third-order valence-electron chi connectivity index (χ3n) is 4.76. The fourth-order valence-corrected chi connectivity index (χ4v) is 2.98. The first-order chi connectivity index (χ1) is 12.1. The fourth-order valence-electron chi connectivity index (χ4n) is 2.98. The molecular formula is C23H43NO. The van der Waals surface area contributed by atoms with E-state index >= 15 is 0 Å². The molecule has 1 unspecified atom stereocenters. The molecule has 0 aliphatic heterocycles. The molecule has 1 aliphatic carbocycles. The number of ketones is 1. The van der Waals surface area contributed by atoms with Gasteiger partial charge in [0, 0.05) is 12.0 Å². The maximum atomic E-state index is 11.1. The molecule has 0 saturated heterocycles. The number of aryl methyl sites for hydroxylation is 1. The van der Waals surface area contributed by atoms with Crippen LogP contribution in [0.2, 0.25) is 0 Å². The summed E-state index contributed by atoms with van der Waals surface area (Å²) in [4.78, 5) is 11.1. The zero-order valence-corrected chi connectivity index (χ0v) is 18.1. The van der Waals surface area contributed by atoms with Gasteiger partial charge in [-0.1, -0.05) is 65.0 Å². The van der Waals surface area contributed by atoms with E-state index in [4.69, 9.17) is 0 Å². The summed E-state index contributed by atoms with van der Waals surface area (Å²) < 4.78 is 0. The Kier molecular flexibility index (Phi) is 18.4. The van der Waals surface area contributed by atoms with Crippen LogP contribution in [-0.2, 0) is 11.2 Å². The molecule has 0 radical (unpaired) electrons. The standard InChI is InChI=1S/C11H21NO.C8H10.2C2H6/c1-8(12-3)10-4-6-11(7-5-10)9(2)13;1-2-8-6-4-3-5-7-8;2*1-2/h8,10-12H,4-7H2,1-3H3;3-7H,2H2,1H3;2*1-2H3. The molecule has 0 bridgehead atoms. The highest BCUT2D eigenvalue weighted by molar-refractivity contribution is 5.78. The second-order valence-electron chi connectivity index (χ2n) is 6.14. The molecule has 2 nitrogen and oxygen atoms in total.